The number of aromatic nitrogens is 10. The molecule has 1 saturated heterocycles. The summed E-state index contributed by atoms with van der Waals surface area (Å²) < 4.78 is 52.6. The van der Waals surface area contributed by atoms with Crippen molar-refractivity contribution in [2.75, 3.05) is 24.7 Å². The van der Waals surface area contributed by atoms with Crippen molar-refractivity contribution in [3.05, 3.63) is 196 Å². The van der Waals surface area contributed by atoms with Crippen LogP contribution >= 0.6 is 0 Å². The highest BCUT2D eigenvalue weighted by atomic mass is 19.3. The molecule has 11 aliphatic carbocycles. The zero-order valence-electron chi connectivity index (χ0n) is 85.5. The average molecular weight is 2010 g/mol. The van der Waals surface area contributed by atoms with Crippen molar-refractivity contribution < 1.29 is 102 Å². The maximum absolute atomic E-state index is 13.7. The lowest BCUT2D eigenvalue weighted by Gasteiger charge is -2.72. The fourth-order valence-electron chi connectivity index (χ4n) is 31.1. The van der Waals surface area contributed by atoms with E-state index in [2.05, 4.69) is 137 Å². The molecular weight excluding hydrogens is 1860 g/mol. The van der Waals surface area contributed by atoms with Gasteiger partial charge in [0.1, 0.15) is 41.9 Å². The number of carbonyl (C=O) groups excluding carboxylic acids is 2. The average Bonchev–Trinajstić information content (AvgIpc) is 1.67. The SMILES string of the molecule is C=C(C)[C@@H]1CC[C@]2(C(=O)O)CC[C@]3(C)[C@H](CC[C@@H]4[C@@]5(C)CCC(O)C(C)(C)[C@@H]5CC[C@]43C)[C@@H]12.CC(C)[C@@H]1CC[C@]2(C(=O)O)CC[C@]3(C)[C@H](CC[C@@H]4[C@@]5(C)CCC(O)C(C)(C)[C@@H]5CC[C@]43C)[C@@H]12.Nc1ccn(C2OC(CO)C(O)C2(F)F)c(=O)n1.Nc1ncnc2c1nnn2C1CC(O)[C@H]1CO.O=C(/C=C(\O)c1ncn[nH]1)c1ccc(Cc2ccc(F)cc2)o1.O=C(O)C(=O)C=C(O)c1cccc(Cc2ccccc2)c1. The molecule has 16 N–H and O–H groups in total. The van der Waals surface area contributed by atoms with E-state index in [9.17, 15) is 87.9 Å². The molecule has 31 nitrogen and oxygen atoms in total. The fraction of sp³-hybridized carbons (Fsp3) is 0.613. The molecule has 0 bridgehead atoms. The third-order valence-electron chi connectivity index (χ3n) is 39.2. The number of nitrogens with zero attached hydrogens (tertiary/aromatic N) is 9. The second-order valence-corrected chi connectivity index (χ2v) is 46.9. The molecular formula is C111H147F3N12O19. The minimum atomic E-state index is -3.71. The molecule has 7 unspecified atom stereocenters. The number of aliphatic hydroxyl groups excluding tert-OH is 8. The summed E-state index contributed by atoms with van der Waals surface area (Å²) in [6.07, 6.45) is 22.0. The Morgan fingerprint density at radius 2 is 1.18 bits per heavy atom. The third kappa shape index (κ3) is 19.4. The van der Waals surface area contributed by atoms with Crippen LogP contribution in [-0.2, 0) is 36.8 Å². The normalized spacial score (nSPS) is 35.7. The standard InChI is InChI=1S/C30H50O3.C30H48O3.C17H14O4.C16H12FN3O3.C9H11F2N3O4.C9H12N6O2/c2*1-18(2)19-10-15-30(25(32)33)17-16-28(6)20(24(19)30)8-9-22-27(5)13-12-23(31)26(3,4)21(27)11-14-29(22,28)7;18-15(11-16(19)17(20)21)14-8-4-7-13(10-14)9-12-5-2-1-3-6-12;17-11-3-1-10(2-4-11)7-12-5-6-15(23-12)13(21)8-14(22)16-18-9-19-20-16;10-9(11)6(16)4(3-15)18-7(9)14-2-1-5(12)13-8(14)17;10-8-7-9(12-3-11-8)15(14-13-7)5-1-6(17)4(5)2-16/h18-24,31H,8-17H2,1-7H3,(H,32,33);19-24,31H,1,8-17H2,2-7H3,(H,32,33);1-8,10-11,18H,9H2,(H,20,21);1-6,8-9,22H,7H2,(H,18,19,20);1-2,4,6-7,15-16H,3H2,(H2,12,13,17);3-6,16-17H,1-2H2,(H2,10,11,12)/b;;;14-8-;;/t2*19-,20+,21-,22+,23?,24+,27-,28+,29+,30-;;;;4-,5?,6?/m00...0/s1. The molecule has 6 heterocycles. The van der Waals surface area contributed by atoms with Gasteiger partial charge in [0.25, 0.3) is 5.78 Å². The largest absolute Gasteiger partial charge is 0.507 e. The number of ketones is 2. The first kappa shape index (κ1) is 108. The van der Waals surface area contributed by atoms with Crippen molar-refractivity contribution in [2.45, 2.75) is 286 Å². The number of nitrogen functional groups attached to an aromatic ring is 2. The molecule has 20 rings (SSSR count). The van der Waals surface area contributed by atoms with Gasteiger partial charge in [-0.1, -0.05) is 161 Å². The number of anilines is 2. The Kier molecular flexibility index (Phi) is 30.9. The van der Waals surface area contributed by atoms with Crippen LogP contribution < -0.4 is 17.2 Å². The summed E-state index contributed by atoms with van der Waals surface area (Å²) in [5.41, 5.74) is 15.9. The number of aliphatic hydroxyl groups is 8. The van der Waals surface area contributed by atoms with Crippen LogP contribution in [0.3, 0.4) is 0 Å². The van der Waals surface area contributed by atoms with Crippen molar-refractivity contribution >= 4 is 63.8 Å². The topological polar surface area (TPSA) is 515 Å². The summed E-state index contributed by atoms with van der Waals surface area (Å²) in [7, 11) is 0. The highest BCUT2D eigenvalue weighted by molar-refractivity contribution is 6.38. The summed E-state index contributed by atoms with van der Waals surface area (Å²) in [5, 5.41) is 122. The number of ether oxygens (including phenoxy) is 1. The van der Waals surface area contributed by atoms with E-state index in [1.165, 1.54) is 87.8 Å². The molecule has 3 aromatic carbocycles. The van der Waals surface area contributed by atoms with Crippen LogP contribution in [0, 0.1) is 131 Å². The number of H-pyrrole nitrogens is 1. The van der Waals surface area contributed by atoms with E-state index in [0.717, 1.165) is 112 Å². The number of aliphatic carboxylic acids is 3. The predicted octanol–water partition coefficient (Wildman–Crippen LogP) is 17.4. The van der Waals surface area contributed by atoms with Crippen molar-refractivity contribution in [2.24, 2.45) is 125 Å². The number of nitrogens with two attached hydrogens (primary N) is 2. The molecule has 0 radical (unpaired) electrons. The summed E-state index contributed by atoms with van der Waals surface area (Å²) in [5.74, 6) is -2.67. The Labute approximate surface area is 843 Å². The lowest BCUT2D eigenvalue weighted by atomic mass is 9.32. The number of aromatic amines is 1. The number of nitrogens with one attached hydrogen (secondary N) is 1. The van der Waals surface area contributed by atoms with Gasteiger partial charge in [0.2, 0.25) is 12.0 Å². The molecule has 12 aliphatic rings. The Morgan fingerprint density at radius 3 is 1.72 bits per heavy atom. The second kappa shape index (κ2) is 41.3. The van der Waals surface area contributed by atoms with Crippen LogP contribution in [0.15, 0.2) is 149 Å². The van der Waals surface area contributed by atoms with Gasteiger partial charge in [-0.05, 0) is 310 Å². The first-order valence-electron chi connectivity index (χ1n) is 51.5. The molecule has 5 aromatic heterocycles. The van der Waals surface area contributed by atoms with Crippen molar-refractivity contribution in [3.8, 4) is 0 Å². The van der Waals surface area contributed by atoms with Crippen molar-refractivity contribution in [1.82, 2.24) is 49.7 Å². The van der Waals surface area contributed by atoms with Gasteiger partial charge in [0.15, 0.2) is 40.4 Å². The summed E-state index contributed by atoms with van der Waals surface area (Å²) in [6, 6.07) is 27.1. The van der Waals surface area contributed by atoms with Gasteiger partial charge in [-0.3, -0.25) is 28.8 Å². The number of carbonyl (C=O) groups is 5. The van der Waals surface area contributed by atoms with E-state index in [-0.39, 0.29) is 121 Å². The Hall–Kier alpha value is -10.9. The number of rotatable bonds is 18. The molecule has 12 fully saturated rings. The van der Waals surface area contributed by atoms with E-state index in [4.69, 9.17) is 30.8 Å². The molecule has 11 saturated carbocycles. The molecule has 1 aliphatic heterocycles. The maximum Gasteiger partial charge on any atom is 0.376 e. The third-order valence-corrected chi connectivity index (χ3v) is 39.2. The number of fused-ring (bicyclic) bond motifs is 15. The monoisotopic (exact) mass is 2010 g/mol. The van der Waals surface area contributed by atoms with Gasteiger partial charge in [-0.25, -0.2) is 33.6 Å². The van der Waals surface area contributed by atoms with Gasteiger partial charge in [0.05, 0.1) is 48.4 Å². The van der Waals surface area contributed by atoms with E-state index >= 15 is 0 Å². The lowest BCUT2D eigenvalue weighted by molar-refractivity contribution is -0.249. The minimum Gasteiger partial charge on any atom is -0.507 e. The van der Waals surface area contributed by atoms with Crippen LogP contribution in [0.4, 0.5) is 24.8 Å². The van der Waals surface area contributed by atoms with Gasteiger partial charge >= 0.3 is 29.5 Å². The zero-order valence-corrected chi connectivity index (χ0v) is 85.5. The number of carboxylic acids is 3. The number of carboxylic acid groups (broad SMARTS) is 3. The van der Waals surface area contributed by atoms with Gasteiger partial charge < -0.3 is 76.8 Å². The number of hydrogen-bond donors (Lipinski definition) is 14. The predicted molar refractivity (Wildman–Crippen MR) is 536 cm³/mol. The Bertz CT molecular complexity index is 6170. The highest BCUT2D eigenvalue weighted by Crippen LogP contribution is 2.80. The Balaban J connectivity index is 0.000000133. The minimum absolute atomic E-state index is 0.00863. The fourth-order valence-corrected chi connectivity index (χ4v) is 31.1. The molecule has 0 spiro atoms. The first-order chi connectivity index (χ1) is 68.3. The number of hydrogen-bond acceptors (Lipinski definition) is 25. The molecule has 34 heteroatoms. The van der Waals surface area contributed by atoms with Crippen LogP contribution in [0.2, 0.25) is 0 Å². The second-order valence-electron chi connectivity index (χ2n) is 46.9. The van der Waals surface area contributed by atoms with E-state index in [1.54, 1.807) is 41.1 Å². The van der Waals surface area contributed by atoms with E-state index in [1.807, 2.05) is 36.4 Å². The Morgan fingerprint density at radius 1 is 0.600 bits per heavy atom. The molecule has 145 heavy (non-hydrogen) atoms. The van der Waals surface area contributed by atoms with Crippen molar-refractivity contribution in [1.29, 1.82) is 0 Å². The molecule has 0 amide bonds. The van der Waals surface area contributed by atoms with Gasteiger partial charge in [-0.15, -0.1) is 5.10 Å². The maximum atomic E-state index is 13.7. The number of allylic oxidation sites excluding steroid dienone is 2. The first-order valence-corrected chi connectivity index (χ1v) is 51.5. The molecule has 26 atom stereocenters. The smallest absolute Gasteiger partial charge is 0.376 e. The highest BCUT2D eigenvalue weighted by Gasteiger charge is 2.75. The van der Waals surface area contributed by atoms with Gasteiger partial charge in [0, 0.05) is 36.3 Å². The summed E-state index contributed by atoms with van der Waals surface area (Å²) in [6.45, 7) is 35.1. The van der Waals surface area contributed by atoms with Crippen molar-refractivity contribution in [3.63, 3.8) is 0 Å². The molecule has 8 aromatic rings. The zero-order chi connectivity index (χ0) is 105. The van der Waals surface area contributed by atoms with Gasteiger partial charge in [-0.2, -0.15) is 18.9 Å². The number of furan rings is 1. The van der Waals surface area contributed by atoms with Crippen LogP contribution in [-0.4, -0.2) is 185 Å². The van der Waals surface area contributed by atoms with Crippen LogP contribution in [0.1, 0.15) is 282 Å². The van der Waals surface area contributed by atoms with E-state index < -0.39 is 83.1 Å². The number of halogens is 3. The summed E-state index contributed by atoms with van der Waals surface area (Å²) >= 11 is 0. The lowest BCUT2D eigenvalue weighted by Crippen LogP contribution is -2.67. The van der Waals surface area contributed by atoms with Crippen LogP contribution in [0.25, 0.3) is 22.7 Å². The number of benzene rings is 3. The number of alkyl halides is 2. The van der Waals surface area contributed by atoms with Crippen LogP contribution in [0.5, 0.6) is 0 Å². The molecule has 786 valence electrons. The van der Waals surface area contributed by atoms with E-state index in [0.29, 0.717) is 112 Å². The summed E-state index contributed by atoms with van der Waals surface area (Å²) in [4.78, 5) is 85.5. The quantitative estimate of drug-likeness (QED) is 0.0125.